The third kappa shape index (κ3) is 9.62. The molecule has 9 rings (SSSR count). The van der Waals surface area contributed by atoms with Gasteiger partial charge in [-0.2, -0.15) is 18.4 Å². The molecule has 1 unspecified atom stereocenters. The Kier molecular flexibility index (Phi) is 12.7. The molecule has 1 aromatic carbocycles. The summed E-state index contributed by atoms with van der Waals surface area (Å²) in [4.78, 5) is 73.2. The molecule has 18 heteroatoms. The minimum atomic E-state index is -4.62. The van der Waals surface area contributed by atoms with E-state index >= 15 is 0 Å². The first kappa shape index (κ1) is 44.4. The second-order valence-electron chi connectivity index (χ2n) is 18.5. The van der Waals surface area contributed by atoms with Gasteiger partial charge in [-0.05, 0) is 100 Å². The number of nitriles is 1. The second kappa shape index (κ2) is 18.6. The molecular formula is C47H56F3N11O4. The van der Waals surface area contributed by atoms with E-state index in [4.69, 9.17) is 10.2 Å². The van der Waals surface area contributed by atoms with E-state index in [1.807, 2.05) is 35.4 Å². The molecule has 2 aromatic heterocycles. The van der Waals surface area contributed by atoms with Crippen LogP contribution in [0.4, 0.5) is 36.2 Å². The number of aromatic nitrogens is 2. The van der Waals surface area contributed by atoms with Crippen LogP contribution in [0.5, 0.6) is 0 Å². The van der Waals surface area contributed by atoms with Gasteiger partial charge in [0.1, 0.15) is 17.7 Å². The van der Waals surface area contributed by atoms with E-state index in [2.05, 4.69) is 42.1 Å². The van der Waals surface area contributed by atoms with Gasteiger partial charge in [-0.15, -0.1) is 0 Å². The summed E-state index contributed by atoms with van der Waals surface area (Å²) in [5, 5.41) is 14.4. The number of alkyl halides is 3. The van der Waals surface area contributed by atoms with E-state index in [9.17, 15) is 32.3 Å². The number of nitrogens with one attached hydrogen (secondary N) is 2. The first-order valence-corrected chi connectivity index (χ1v) is 23.1. The zero-order valence-electron chi connectivity index (χ0n) is 36.7. The lowest BCUT2D eigenvalue weighted by molar-refractivity contribution is -0.138. The van der Waals surface area contributed by atoms with Crippen LogP contribution < -0.4 is 25.3 Å². The number of hydrogen-bond acceptors (Lipinski definition) is 12. The number of piperazine rings is 1. The molecule has 4 amide bonds. The maximum atomic E-state index is 13.5. The number of piperidine rings is 4. The molecule has 344 valence electrons. The summed E-state index contributed by atoms with van der Waals surface area (Å²) in [6.07, 6.45) is 3.04. The molecule has 6 aliphatic heterocycles. The number of carbonyl (C=O) groups is 4. The molecule has 0 saturated carbocycles. The van der Waals surface area contributed by atoms with E-state index in [1.54, 1.807) is 11.0 Å². The van der Waals surface area contributed by atoms with Crippen molar-refractivity contribution in [3.63, 3.8) is 0 Å². The summed E-state index contributed by atoms with van der Waals surface area (Å²) >= 11 is 0. The molecular weight excluding hydrogens is 840 g/mol. The Morgan fingerprint density at radius 2 is 1.57 bits per heavy atom. The zero-order chi connectivity index (χ0) is 45.4. The number of hydrogen-bond donors (Lipinski definition) is 2. The van der Waals surface area contributed by atoms with Crippen LogP contribution in [-0.4, -0.2) is 132 Å². The van der Waals surface area contributed by atoms with Crippen molar-refractivity contribution < 1.29 is 32.3 Å². The number of anilines is 4. The summed E-state index contributed by atoms with van der Waals surface area (Å²) in [7, 11) is 0. The monoisotopic (exact) mass is 895 g/mol. The lowest BCUT2D eigenvalue weighted by Crippen LogP contribution is -2.57. The first-order valence-electron chi connectivity index (χ1n) is 23.1. The van der Waals surface area contributed by atoms with Gasteiger partial charge >= 0.3 is 6.18 Å². The highest BCUT2D eigenvalue weighted by atomic mass is 19.4. The van der Waals surface area contributed by atoms with Crippen LogP contribution in [0.15, 0.2) is 48.7 Å². The first-order chi connectivity index (χ1) is 31.3. The van der Waals surface area contributed by atoms with Crippen LogP contribution in [0.3, 0.4) is 0 Å². The van der Waals surface area contributed by atoms with E-state index in [0.29, 0.717) is 73.1 Å². The minimum absolute atomic E-state index is 0.144. The minimum Gasteiger partial charge on any atom is -0.371 e. The Morgan fingerprint density at radius 1 is 0.862 bits per heavy atom. The van der Waals surface area contributed by atoms with E-state index < -0.39 is 29.3 Å². The Morgan fingerprint density at radius 3 is 2.25 bits per heavy atom. The predicted molar refractivity (Wildman–Crippen MR) is 237 cm³/mol. The van der Waals surface area contributed by atoms with Gasteiger partial charge in [0.25, 0.3) is 5.91 Å². The largest absolute Gasteiger partial charge is 0.417 e. The van der Waals surface area contributed by atoms with Gasteiger partial charge in [-0.3, -0.25) is 34.3 Å². The molecule has 3 aromatic rings. The lowest BCUT2D eigenvalue weighted by Gasteiger charge is -2.47. The number of benzene rings is 1. The summed E-state index contributed by atoms with van der Waals surface area (Å²) in [6.45, 7) is 11.4. The predicted octanol–water partition coefficient (Wildman–Crippen LogP) is 4.87. The van der Waals surface area contributed by atoms with Crippen molar-refractivity contribution in [2.75, 3.05) is 85.5 Å². The number of halogens is 3. The van der Waals surface area contributed by atoms with Crippen LogP contribution in [0.2, 0.25) is 0 Å². The average Bonchev–Trinajstić information content (AvgIpc) is 3.64. The van der Waals surface area contributed by atoms with Crippen molar-refractivity contribution in [3.05, 3.63) is 71.0 Å². The van der Waals surface area contributed by atoms with Crippen molar-refractivity contribution >= 4 is 46.6 Å². The number of nitrogens with zero attached hydrogens (tertiary/aromatic N) is 9. The SMILES string of the molecule is C[C@@H]1CN(C2CCN(c3ccc4c(n3)CN(C3CCC(=O)NC3=O)C4=O)CC2)CCN1CC1CCN(c2ccc(NC(=O)C3CCN(c4ccc(C#N)c(C(F)(F)F)c4)CC3)nc2)CC1. The highest BCUT2D eigenvalue weighted by Crippen LogP contribution is 2.36. The average molecular weight is 896 g/mol. The molecule has 5 saturated heterocycles. The highest BCUT2D eigenvalue weighted by molar-refractivity contribution is 6.05. The van der Waals surface area contributed by atoms with Crippen LogP contribution in [0.25, 0.3) is 0 Å². The fraction of sp³-hybridized carbons (Fsp3) is 0.553. The zero-order valence-corrected chi connectivity index (χ0v) is 36.7. The molecule has 8 heterocycles. The maximum absolute atomic E-state index is 13.5. The van der Waals surface area contributed by atoms with Crippen LogP contribution >= 0.6 is 0 Å². The second-order valence-corrected chi connectivity index (χ2v) is 18.5. The Balaban J connectivity index is 0.680. The number of rotatable bonds is 9. The highest BCUT2D eigenvalue weighted by Gasteiger charge is 2.41. The molecule has 6 aliphatic rings. The van der Waals surface area contributed by atoms with Crippen molar-refractivity contribution in [1.29, 1.82) is 5.26 Å². The quantitative estimate of drug-likeness (QED) is 0.281. The van der Waals surface area contributed by atoms with Gasteiger partial charge in [0.15, 0.2) is 0 Å². The summed E-state index contributed by atoms with van der Waals surface area (Å²) in [6, 6.07) is 13.3. The Labute approximate surface area is 376 Å². The number of amides is 4. The fourth-order valence-electron chi connectivity index (χ4n) is 10.7. The van der Waals surface area contributed by atoms with Gasteiger partial charge in [-0.1, -0.05) is 0 Å². The number of pyridine rings is 2. The van der Waals surface area contributed by atoms with Crippen LogP contribution in [0.1, 0.15) is 85.5 Å². The summed E-state index contributed by atoms with van der Waals surface area (Å²) < 4.78 is 40.5. The van der Waals surface area contributed by atoms with Gasteiger partial charge in [-0.25, -0.2) is 9.97 Å². The van der Waals surface area contributed by atoms with Gasteiger partial charge in [0.2, 0.25) is 17.7 Å². The molecule has 15 nitrogen and oxygen atoms in total. The topological polar surface area (TPSA) is 161 Å². The lowest BCUT2D eigenvalue weighted by atomic mass is 9.94. The Bertz CT molecular complexity index is 2320. The van der Waals surface area contributed by atoms with Crippen molar-refractivity contribution in [3.8, 4) is 6.07 Å². The normalized spacial score (nSPS) is 23.4. The molecule has 0 bridgehead atoms. The standard InChI is InChI=1S/C47H56F3N11O4/c1-30-27-60(34-14-20-58(21-15-34)42-8-5-37-39(53-42)29-61(46(37)65)40-6-9-43(62)55-45(40)64)23-22-59(30)28-31-10-16-57(17-11-31)36-4-7-41(52-26-36)54-44(63)32-12-18-56(19-13-32)35-3-2-33(25-51)38(24-35)47(48,49)50/h2-5,7-8,24,26,30-32,34,40H,6,9-23,27-29H2,1H3,(H,52,54,63)(H,55,62,64)/t30-,40?/m1/s1. The van der Waals surface area contributed by atoms with Crippen LogP contribution in [-0.2, 0) is 27.1 Å². The molecule has 0 aliphatic carbocycles. The van der Waals surface area contributed by atoms with Gasteiger partial charge in [0.05, 0.1) is 46.9 Å². The van der Waals surface area contributed by atoms with Crippen LogP contribution in [0, 0.1) is 23.2 Å². The smallest absolute Gasteiger partial charge is 0.371 e. The molecule has 5 fully saturated rings. The van der Waals surface area contributed by atoms with Gasteiger partial charge in [0, 0.05) is 95.6 Å². The molecule has 0 radical (unpaired) electrons. The summed E-state index contributed by atoms with van der Waals surface area (Å²) in [5.74, 6) is 0.631. The van der Waals surface area contributed by atoms with Crippen molar-refractivity contribution in [1.82, 2.24) is 30.0 Å². The molecule has 65 heavy (non-hydrogen) atoms. The maximum Gasteiger partial charge on any atom is 0.417 e. The third-order valence-electron chi connectivity index (χ3n) is 14.6. The van der Waals surface area contributed by atoms with Crippen molar-refractivity contribution in [2.45, 2.75) is 89.1 Å². The van der Waals surface area contributed by atoms with Crippen molar-refractivity contribution in [2.24, 2.45) is 11.8 Å². The van der Waals surface area contributed by atoms with Gasteiger partial charge < -0.3 is 24.9 Å². The Hall–Kier alpha value is -5.80. The third-order valence-corrected chi connectivity index (χ3v) is 14.6. The number of fused-ring (bicyclic) bond motifs is 1. The van der Waals surface area contributed by atoms with E-state index in [-0.39, 0.29) is 36.6 Å². The van der Waals surface area contributed by atoms with E-state index in [1.165, 1.54) is 12.1 Å². The number of imide groups is 1. The van der Waals surface area contributed by atoms with E-state index in [0.717, 1.165) is 95.6 Å². The molecule has 2 atom stereocenters. The fourth-order valence-corrected chi connectivity index (χ4v) is 10.7. The number of carbonyl (C=O) groups excluding carboxylic acids is 4. The molecule has 2 N–H and O–H groups in total. The summed E-state index contributed by atoms with van der Waals surface area (Å²) in [5.41, 5.74) is 1.31. The molecule has 0 spiro atoms.